The summed E-state index contributed by atoms with van der Waals surface area (Å²) < 4.78 is 87.9. The van der Waals surface area contributed by atoms with Crippen LogP contribution in [0.25, 0.3) is 5.69 Å². The molecule has 4 aromatic rings. The topological polar surface area (TPSA) is 79.8 Å². The molecule has 2 heterocycles. The predicted octanol–water partition coefficient (Wildman–Crippen LogP) is 7.01. The van der Waals surface area contributed by atoms with Crippen molar-refractivity contribution >= 4 is 0 Å². The Morgan fingerprint density at radius 3 is 2.17 bits per heavy atom. The SMILES string of the molecule is C#C.C=C.CC1=CC1.CC[C@H](C(Cn1cncn1)c1ccc(F)cc1F)n1ncn(-c2ccc(OCC(F)(F)C(F)F)cc2)c1=O. The second-order valence-electron chi connectivity index (χ2n) is 9.69. The van der Waals surface area contributed by atoms with E-state index in [-0.39, 0.29) is 17.9 Å². The van der Waals surface area contributed by atoms with E-state index in [1.807, 2.05) is 0 Å². The zero-order valence-electron chi connectivity index (χ0n) is 25.2. The van der Waals surface area contributed by atoms with Crippen LogP contribution in [0.1, 0.15) is 44.2 Å². The molecule has 0 saturated carbocycles. The zero-order valence-corrected chi connectivity index (χ0v) is 25.2. The van der Waals surface area contributed by atoms with Gasteiger partial charge in [-0.15, -0.1) is 26.0 Å². The molecule has 1 unspecified atom stereocenters. The number of allylic oxidation sites excluding steroid dienone is 2. The minimum atomic E-state index is -4.31. The number of nitrogens with zero attached hydrogens (tertiary/aromatic N) is 6. The normalized spacial score (nSPS) is 13.1. The Labute approximate surface area is 262 Å². The van der Waals surface area contributed by atoms with Crippen LogP contribution in [0.4, 0.5) is 26.3 Å². The molecule has 0 spiro atoms. The highest BCUT2D eigenvalue weighted by Crippen LogP contribution is 2.34. The molecule has 46 heavy (non-hydrogen) atoms. The lowest BCUT2D eigenvalue weighted by Crippen LogP contribution is -2.33. The van der Waals surface area contributed by atoms with Gasteiger partial charge in [0, 0.05) is 12.0 Å². The van der Waals surface area contributed by atoms with Crippen LogP contribution >= 0.6 is 0 Å². The van der Waals surface area contributed by atoms with E-state index in [0.717, 1.165) is 12.1 Å². The molecular weight excluding hydrogens is 614 g/mol. The second kappa shape index (κ2) is 17.4. The van der Waals surface area contributed by atoms with Crippen molar-refractivity contribution in [3.63, 3.8) is 0 Å². The van der Waals surface area contributed by atoms with Crippen molar-refractivity contribution in [3.8, 4) is 24.3 Å². The van der Waals surface area contributed by atoms with Crippen LogP contribution in [0.2, 0.25) is 0 Å². The molecule has 8 nitrogen and oxygen atoms in total. The smallest absolute Gasteiger partial charge is 0.350 e. The monoisotopic (exact) mass is 648 g/mol. The summed E-state index contributed by atoms with van der Waals surface area (Å²) >= 11 is 0. The summed E-state index contributed by atoms with van der Waals surface area (Å²) in [7, 11) is 0. The highest BCUT2D eigenvalue weighted by Gasteiger charge is 2.41. The maximum atomic E-state index is 14.8. The lowest BCUT2D eigenvalue weighted by atomic mass is 9.89. The molecule has 0 N–H and O–H groups in total. The summed E-state index contributed by atoms with van der Waals surface area (Å²) in [6.45, 7) is 8.54. The van der Waals surface area contributed by atoms with Crippen LogP contribution in [0, 0.1) is 24.5 Å². The number of hydrogen-bond acceptors (Lipinski definition) is 5. The lowest BCUT2D eigenvalue weighted by Gasteiger charge is -2.26. The van der Waals surface area contributed by atoms with Crippen LogP contribution in [0.15, 0.2) is 91.0 Å². The Hall–Kier alpha value is -5.06. The van der Waals surface area contributed by atoms with Crippen molar-refractivity contribution in [1.82, 2.24) is 29.1 Å². The Bertz CT molecular complexity index is 1610. The summed E-state index contributed by atoms with van der Waals surface area (Å²) in [5, 5.41) is 8.27. The van der Waals surface area contributed by atoms with Crippen molar-refractivity contribution in [1.29, 1.82) is 0 Å². The fraction of sp³-hybridized carbons (Fsp3) is 0.312. The quantitative estimate of drug-likeness (QED) is 0.0994. The van der Waals surface area contributed by atoms with Gasteiger partial charge in [0.15, 0.2) is 6.61 Å². The van der Waals surface area contributed by atoms with Gasteiger partial charge in [-0.05, 0) is 55.7 Å². The molecule has 0 saturated heterocycles. The van der Waals surface area contributed by atoms with E-state index in [2.05, 4.69) is 54.2 Å². The fourth-order valence-electron chi connectivity index (χ4n) is 4.15. The molecule has 2 aromatic carbocycles. The van der Waals surface area contributed by atoms with Crippen LogP contribution in [-0.4, -0.2) is 48.1 Å². The number of benzene rings is 2. The van der Waals surface area contributed by atoms with Crippen molar-refractivity contribution in [2.24, 2.45) is 0 Å². The summed E-state index contributed by atoms with van der Waals surface area (Å²) in [5.74, 6) is -6.62. The highest BCUT2D eigenvalue weighted by atomic mass is 19.3. The Morgan fingerprint density at radius 2 is 1.67 bits per heavy atom. The standard InChI is InChI=1S/C24H22F6N6O2.C4H6.C2H4.C2H2/c1-2-21(19(10-34-13-31-12-32-34)18-8-3-15(25)9-20(18)26)36-23(37)35(14-33-36)16-4-6-17(7-5-16)38-11-24(29,30)22(27)28;1-4-2-3-4;2*1-2/h3-9,12-14,19,21-22H,2,10-11H2,1H3;2H,3H2,1H3;1-2H2;1-2H/t19?,21-;;;/m1.../s1. The maximum absolute atomic E-state index is 14.8. The Morgan fingerprint density at radius 1 is 1.04 bits per heavy atom. The molecule has 0 aliphatic heterocycles. The maximum Gasteiger partial charge on any atom is 0.350 e. The van der Waals surface area contributed by atoms with E-state index in [1.54, 1.807) is 12.5 Å². The van der Waals surface area contributed by atoms with Gasteiger partial charge in [0.25, 0.3) is 0 Å². The van der Waals surface area contributed by atoms with E-state index >= 15 is 0 Å². The number of aromatic nitrogens is 6. The first-order valence-electron chi connectivity index (χ1n) is 13.8. The Balaban J connectivity index is 0.000000825. The summed E-state index contributed by atoms with van der Waals surface area (Å²) in [4.78, 5) is 17.2. The van der Waals surface area contributed by atoms with Crippen molar-refractivity contribution in [3.05, 3.63) is 114 Å². The van der Waals surface area contributed by atoms with Crippen LogP contribution < -0.4 is 10.4 Å². The fourth-order valence-corrected chi connectivity index (χ4v) is 4.15. The number of alkyl halides is 4. The van der Waals surface area contributed by atoms with E-state index < -0.39 is 48.2 Å². The van der Waals surface area contributed by atoms with E-state index in [4.69, 9.17) is 4.74 Å². The number of halogens is 6. The molecule has 246 valence electrons. The number of rotatable bonds is 11. The van der Waals surface area contributed by atoms with Gasteiger partial charge in [0.2, 0.25) is 0 Å². The zero-order chi connectivity index (χ0) is 34.4. The minimum Gasteiger partial charge on any atom is -0.487 e. The molecule has 0 radical (unpaired) electrons. The summed E-state index contributed by atoms with van der Waals surface area (Å²) in [6, 6.07) is 7.77. The van der Waals surface area contributed by atoms with Gasteiger partial charge < -0.3 is 4.74 Å². The van der Waals surface area contributed by atoms with Crippen molar-refractivity contribution in [2.45, 2.75) is 57.5 Å². The first-order valence-corrected chi connectivity index (χ1v) is 13.8. The molecule has 0 amide bonds. The van der Waals surface area contributed by atoms with Gasteiger partial charge in [-0.3, -0.25) is 4.68 Å². The average Bonchev–Trinajstić information content (AvgIpc) is 3.49. The molecule has 1 aliphatic carbocycles. The van der Waals surface area contributed by atoms with Crippen LogP contribution in [0.5, 0.6) is 5.75 Å². The number of hydrogen-bond donors (Lipinski definition) is 0. The molecule has 1 aliphatic rings. The van der Waals surface area contributed by atoms with Crippen LogP contribution in [0.3, 0.4) is 0 Å². The largest absolute Gasteiger partial charge is 0.487 e. The third-order valence-corrected chi connectivity index (χ3v) is 6.58. The number of ether oxygens (including phenoxy) is 1. The van der Waals surface area contributed by atoms with Crippen LogP contribution in [-0.2, 0) is 6.54 Å². The first kappa shape index (κ1) is 37.1. The lowest BCUT2D eigenvalue weighted by molar-refractivity contribution is -0.148. The molecule has 2 aromatic heterocycles. The second-order valence-corrected chi connectivity index (χ2v) is 9.69. The molecule has 14 heteroatoms. The van der Waals surface area contributed by atoms with E-state index in [1.165, 1.54) is 69.7 Å². The number of terminal acetylenes is 1. The van der Waals surface area contributed by atoms with E-state index in [0.29, 0.717) is 12.1 Å². The van der Waals surface area contributed by atoms with Gasteiger partial charge in [0.05, 0.1) is 18.3 Å². The third-order valence-electron chi connectivity index (χ3n) is 6.58. The predicted molar refractivity (Wildman–Crippen MR) is 162 cm³/mol. The molecule has 2 atom stereocenters. The summed E-state index contributed by atoms with van der Waals surface area (Å²) in [6.07, 6.45) is 11.9. The Kier molecular flexibility index (Phi) is 14.1. The minimum absolute atomic E-state index is 0.0966. The molecule has 0 fully saturated rings. The van der Waals surface area contributed by atoms with Crippen molar-refractivity contribution < 1.29 is 31.1 Å². The van der Waals surface area contributed by atoms with Crippen molar-refractivity contribution in [2.75, 3.05) is 6.61 Å². The van der Waals surface area contributed by atoms with Gasteiger partial charge in [0.1, 0.15) is 36.4 Å². The van der Waals surface area contributed by atoms with Gasteiger partial charge >= 0.3 is 18.0 Å². The average molecular weight is 649 g/mol. The van der Waals surface area contributed by atoms with E-state index in [9.17, 15) is 31.1 Å². The molecule has 5 rings (SSSR count). The molecular formula is C32H34F6N6O2. The van der Waals surface area contributed by atoms with Gasteiger partial charge in [-0.25, -0.2) is 36.6 Å². The molecule has 0 bridgehead atoms. The van der Waals surface area contributed by atoms with Gasteiger partial charge in [-0.1, -0.05) is 24.6 Å². The summed E-state index contributed by atoms with van der Waals surface area (Å²) in [5.41, 5.74) is 1.42. The first-order chi connectivity index (χ1) is 22.0. The third kappa shape index (κ3) is 9.98. The van der Waals surface area contributed by atoms with Gasteiger partial charge in [-0.2, -0.15) is 19.0 Å². The highest BCUT2D eigenvalue weighted by molar-refractivity contribution is 5.37.